The Balaban J connectivity index is 3.07. The first kappa shape index (κ1) is 14.0. The molecule has 0 saturated heterocycles. The Hall–Kier alpha value is -1.06. The van der Waals surface area contributed by atoms with Gasteiger partial charge in [-0.25, -0.2) is 0 Å². The van der Waals surface area contributed by atoms with Crippen LogP contribution in [0.3, 0.4) is 0 Å². The molecule has 0 fully saturated rings. The van der Waals surface area contributed by atoms with Gasteiger partial charge >= 0.3 is 0 Å². The first-order chi connectivity index (χ1) is 8.10. The maximum atomic E-state index is 5.98. The SMILES string of the molecule is CCN(c1ccccc1)C(C)(CN)C(C)OC. The van der Waals surface area contributed by atoms with Crippen molar-refractivity contribution in [1.82, 2.24) is 0 Å². The Labute approximate surface area is 105 Å². The maximum absolute atomic E-state index is 5.98. The summed E-state index contributed by atoms with van der Waals surface area (Å²) in [6, 6.07) is 10.3. The van der Waals surface area contributed by atoms with Crippen LogP contribution >= 0.6 is 0 Å². The highest BCUT2D eigenvalue weighted by atomic mass is 16.5. The number of hydrogen-bond acceptors (Lipinski definition) is 3. The van der Waals surface area contributed by atoms with Gasteiger partial charge in [-0.1, -0.05) is 18.2 Å². The third kappa shape index (κ3) is 2.79. The lowest BCUT2D eigenvalue weighted by atomic mass is 9.92. The molecule has 1 aromatic rings. The van der Waals surface area contributed by atoms with E-state index in [9.17, 15) is 0 Å². The molecule has 0 aliphatic heterocycles. The van der Waals surface area contributed by atoms with Crippen molar-refractivity contribution in [3.05, 3.63) is 30.3 Å². The Bertz CT molecular complexity index is 328. The van der Waals surface area contributed by atoms with Gasteiger partial charge in [0.05, 0.1) is 11.6 Å². The summed E-state index contributed by atoms with van der Waals surface area (Å²) in [7, 11) is 1.73. The summed E-state index contributed by atoms with van der Waals surface area (Å²) in [5.41, 5.74) is 6.97. The number of ether oxygens (including phenoxy) is 1. The maximum Gasteiger partial charge on any atom is 0.0784 e. The van der Waals surface area contributed by atoms with E-state index in [1.54, 1.807) is 7.11 Å². The fourth-order valence-electron chi connectivity index (χ4n) is 2.20. The molecule has 96 valence electrons. The quantitative estimate of drug-likeness (QED) is 0.823. The molecule has 0 amide bonds. The number of nitrogens with two attached hydrogens (primary N) is 1. The van der Waals surface area contributed by atoms with Crippen molar-refractivity contribution in [2.75, 3.05) is 25.1 Å². The summed E-state index contributed by atoms with van der Waals surface area (Å²) in [4.78, 5) is 2.31. The van der Waals surface area contributed by atoms with Crippen LogP contribution in [0.4, 0.5) is 5.69 Å². The van der Waals surface area contributed by atoms with Crippen LogP contribution < -0.4 is 10.6 Å². The number of anilines is 1. The minimum atomic E-state index is -0.190. The Morgan fingerprint density at radius 3 is 2.35 bits per heavy atom. The van der Waals surface area contributed by atoms with Crippen molar-refractivity contribution < 1.29 is 4.74 Å². The molecular weight excluding hydrogens is 212 g/mol. The molecule has 3 heteroatoms. The van der Waals surface area contributed by atoms with Crippen molar-refractivity contribution in [1.29, 1.82) is 0 Å². The lowest BCUT2D eigenvalue weighted by Gasteiger charge is -2.45. The summed E-state index contributed by atoms with van der Waals surface area (Å²) in [6.45, 7) is 7.83. The molecule has 0 bridgehead atoms. The second-order valence-corrected chi connectivity index (χ2v) is 4.52. The van der Waals surface area contributed by atoms with E-state index in [1.807, 2.05) is 18.2 Å². The van der Waals surface area contributed by atoms with E-state index in [-0.39, 0.29) is 11.6 Å². The molecule has 0 aromatic heterocycles. The molecule has 2 unspecified atom stereocenters. The molecule has 0 heterocycles. The zero-order valence-electron chi connectivity index (χ0n) is 11.3. The van der Waals surface area contributed by atoms with Gasteiger partial charge in [0.2, 0.25) is 0 Å². The average Bonchev–Trinajstić information content (AvgIpc) is 2.39. The number of likely N-dealkylation sites (N-methyl/N-ethyl adjacent to an activating group) is 1. The standard InChI is InChI=1S/C14H24N2O/c1-5-16(13-9-7-6-8-10-13)14(3,11-15)12(2)17-4/h6-10,12H,5,11,15H2,1-4H3. The zero-order chi connectivity index (χ0) is 12.9. The van der Waals surface area contributed by atoms with E-state index in [0.29, 0.717) is 6.54 Å². The molecule has 0 radical (unpaired) electrons. The van der Waals surface area contributed by atoms with Gasteiger partial charge in [-0.05, 0) is 32.9 Å². The van der Waals surface area contributed by atoms with Crippen LogP contribution in [0.5, 0.6) is 0 Å². The van der Waals surface area contributed by atoms with E-state index >= 15 is 0 Å². The molecule has 0 saturated carbocycles. The number of methoxy groups -OCH3 is 1. The Morgan fingerprint density at radius 2 is 1.94 bits per heavy atom. The van der Waals surface area contributed by atoms with Gasteiger partial charge in [-0.2, -0.15) is 0 Å². The molecule has 17 heavy (non-hydrogen) atoms. The Kier molecular flexibility index (Phi) is 4.97. The van der Waals surface area contributed by atoms with Crippen LogP contribution in [0.1, 0.15) is 20.8 Å². The van der Waals surface area contributed by atoms with Gasteiger partial charge in [0.15, 0.2) is 0 Å². The van der Waals surface area contributed by atoms with Gasteiger partial charge in [0.25, 0.3) is 0 Å². The van der Waals surface area contributed by atoms with Crippen molar-refractivity contribution in [3.8, 4) is 0 Å². The van der Waals surface area contributed by atoms with Crippen molar-refractivity contribution in [2.24, 2.45) is 5.73 Å². The van der Waals surface area contributed by atoms with E-state index in [2.05, 4.69) is 37.8 Å². The van der Waals surface area contributed by atoms with Gasteiger partial charge < -0.3 is 15.4 Å². The highest BCUT2D eigenvalue weighted by Crippen LogP contribution is 2.27. The largest absolute Gasteiger partial charge is 0.379 e. The van der Waals surface area contributed by atoms with E-state index in [4.69, 9.17) is 10.5 Å². The number of benzene rings is 1. The minimum absolute atomic E-state index is 0.0765. The normalized spacial score (nSPS) is 16.3. The van der Waals surface area contributed by atoms with E-state index in [1.165, 1.54) is 5.69 Å². The van der Waals surface area contributed by atoms with Crippen LogP contribution in [-0.2, 0) is 4.74 Å². The van der Waals surface area contributed by atoms with E-state index < -0.39 is 0 Å². The highest BCUT2D eigenvalue weighted by Gasteiger charge is 2.35. The van der Waals surface area contributed by atoms with Crippen molar-refractivity contribution in [2.45, 2.75) is 32.4 Å². The Morgan fingerprint density at radius 1 is 1.35 bits per heavy atom. The van der Waals surface area contributed by atoms with Crippen LogP contribution in [-0.4, -0.2) is 31.8 Å². The highest BCUT2D eigenvalue weighted by molar-refractivity contribution is 5.49. The summed E-state index contributed by atoms with van der Waals surface area (Å²) in [5.74, 6) is 0. The molecule has 0 spiro atoms. The summed E-state index contributed by atoms with van der Waals surface area (Å²) in [5, 5.41) is 0. The summed E-state index contributed by atoms with van der Waals surface area (Å²) < 4.78 is 5.49. The van der Waals surface area contributed by atoms with Gasteiger partial charge in [0, 0.05) is 25.9 Å². The lowest BCUT2D eigenvalue weighted by Crippen LogP contribution is -2.59. The van der Waals surface area contributed by atoms with Crippen molar-refractivity contribution >= 4 is 5.69 Å². The lowest BCUT2D eigenvalue weighted by molar-refractivity contribution is 0.0561. The molecule has 3 nitrogen and oxygen atoms in total. The molecule has 0 aliphatic rings. The predicted molar refractivity (Wildman–Crippen MR) is 73.4 cm³/mol. The monoisotopic (exact) mass is 236 g/mol. The second kappa shape index (κ2) is 6.03. The third-order valence-electron chi connectivity index (χ3n) is 3.64. The van der Waals surface area contributed by atoms with Crippen molar-refractivity contribution in [3.63, 3.8) is 0 Å². The number of nitrogens with zero attached hydrogens (tertiary/aromatic N) is 1. The smallest absolute Gasteiger partial charge is 0.0784 e. The minimum Gasteiger partial charge on any atom is -0.379 e. The fourth-order valence-corrected chi connectivity index (χ4v) is 2.20. The van der Waals surface area contributed by atoms with Crippen LogP contribution in [0.2, 0.25) is 0 Å². The number of rotatable bonds is 6. The molecule has 2 N–H and O–H groups in total. The van der Waals surface area contributed by atoms with E-state index in [0.717, 1.165) is 6.54 Å². The van der Waals surface area contributed by atoms with Crippen LogP contribution in [0.15, 0.2) is 30.3 Å². The molecular formula is C14H24N2O. The summed E-state index contributed by atoms with van der Waals surface area (Å²) in [6.07, 6.45) is 0.0765. The first-order valence-corrected chi connectivity index (χ1v) is 6.15. The van der Waals surface area contributed by atoms with Crippen LogP contribution in [0.25, 0.3) is 0 Å². The molecule has 2 atom stereocenters. The average molecular weight is 236 g/mol. The third-order valence-corrected chi connectivity index (χ3v) is 3.64. The summed E-state index contributed by atoms with van der Waals surface area (Å²) >= 11 is 0. The molecule has 1 aromatic carbocycles. The fraction of sp³-hybridized carbons (Fsp3) is 0.571. The predicted octanol–water partition coefficient (Wildman–Crippen LogP) is 2.27. The number of hydrogen-bond donors (Lipinski definition) is 1. The molecule has 1 rings (SSSR count). The van der Waals surface area contributed by atoms with Crippen LogP contribution in [0, 0.1) is 0 Å². The number of para-hydroxylation sites is 1. The zero-order valence-corrected chi connectivity index (χ0v) is 11.3. The van der Waals surface area contributed by atoms with Gasteiger partial charge in [-0.3, -0.25) is 0 Å². The molecule has 0 aliphatic carbocycles. The topological polar surface area (TPSA) is 38.5 Å². The van der Waals surface area contributed by atoms with Gasteiger partial charge in [0.1, 0.15) is 0 Å². The second-order valence-electron chi connectivity index (χ2n) is 4.52. The van der Waals surface area contributed by atoms with Gasteiger partial charge in [-0.15, -0.1) is 0 Å². The first-order valence-electron chi connectivity index (χ1n) is 6.15.